The molecule has 0 saturated carbocycles. The van der Waals surface area contributed by atoms with Crippen molar-refractivity contribution in [3.05, 3.63) is 0 Å². The summed E-state index contributed by atoms with van der Waals surface area (Å²) in [6.45, 7) is 1.13. The van der Waals surface area contributed by atoms with E-state index in [0.717, 1.165) is 19.3 Å². The lowest BCUT2D eigenvalue weighted by atomic mass is 9.97. The molecule has 242 valence electrons. The fourth-order valence-electron chi connectivity index (χ4n) is 5.27. The molecule has 0 spiro atoms. The van der Waals surface area contributed by atoms with Crippen molar-refractivity contribution in [3.63, 3.8) is 0 Å². The Kier molecular flexibility index (Phi) is 17.8. The molecular weight excluding hydrogens is 540 g/mol. The van der Waals surface area contributed by atoms with Gasteiger partial charge in [0.2, 0.25) is 0 Å². The van der Waals surface area contributed by atoms with Crippen LogP contribution in [0, 0.1) is 0 Å². The molecule has 41 heavy (non-hydrogen) atoms. The number of hydrogen-bond acceptors (Lipinski definition) is 12. The minimum absolute atomic E-state index is 0.204. The first-order valence-corrected chi connectivity index (χ1v) is 15.5. The molecule has 2 fully saturated rings. The van der Waals surface area contributed by atoms with Crippen molar-refractivity contribution in [1.29, 1.82) is 0 Å². The summed E-state index contributed by atoms with van der Waals surface area (Å²) in [5.74, 6) is -0.480. The van der Waals surface area contributed by atoms with Crippen molar-refractivity contribution in [3.8, 4) is 0 Å². The van der Waals surface area contributed by atoms with Gasteiger partial charge in [0.15, 0.2) is 12.6 Å². The maximum absolute atomic E-state index is 12.2. The Morgan fingerprint density at radius 3 is 1.71 bits per heavy atom. The first kappa shape index (κ1) is 36.3. The number of aliphatic hydroxyl groups excluding tert-OH is 7. The molecule has 0 amide bonds. The minimum atomic E-state index is -1.77. The zero-order valence-electron chi connectivity index (χ0n) is 24.5. The highest BCUT2D eigenvalue weighted by Gasteiger charge is 2.50. The summed E-state index contributed by atoms with van der Waals surface area (Å²) in [6.07, 6.45) is 1.17. The van der Waals surface area contributed by atoms with Gasteiger partial charge in [0.1, 0.15) is 55.4 Å². The summed E-state index contributed by atoms with van der Waals surface area (Å²) in [7, 11) is 0. The zero-order valence-corrected chi connectivity index (χ0v) is 24.5. The molecule has 2 heterocycles. The van der Waals surface area contributed by atoms with Crippen LogP contribution in [0.5, 0.6) is 0 Å². The van der Waals surface area contributed by atoms with Crippen LogP contribution in [0.3, 0.4) is 0 Å². The molecule has 0 aliphatic carbocycles. The molecule has 2 saturated heterocycles. The Morgan fingerprint density at radius 1 is 0.634 bits per heavy atom. The SMILES string of the molecule is CCCCCCCCCCCCCCCCC(=O)OC[C@H]1O[C@@H](O[C@H]2[C@H](O)[C@@H](O)[C@H](O)O[C@@H]2CO)[C@H](O)[C@@H](O)[C@@H]1O. The molecule has 0 unspecified atom stereocenters. The molecule has 0 radical (unpaired) electrons. The third-order valence-corrected chi connectivity index (χ3v) is 7.94. The quantitative estimate of drug-likeness (QED) is 0.0782. The van der Waals surface area contributed by atoms with Crippen LogP contribution in [0.4, 0.5) is 0 Å². The van der Waals surface area contributed by atoms with E-state index in [4.69, 9.17) is 18.9 Å². The summed E-state index contributed by atoms with van der Waals surface area (Å²) >= 11 is 0. The number of ether oxygens (including phenoxy) is 4. The second-order valence-corrected chi connectivity index (χ2v) is 11.4. The third kappa shape index (κ3) is 12.3. The number of hydrogen-bond donors (Lipinski definition) is 7. The molecule has 0 aromatic rings. The Labute approximate surface area is 243 Å². The highest BCUT2D eigenvalue weighted by molar-refractivity contribution is 5.69. The summed E-state index contributed by atoms with van der Waals surface area (Å²) < 4.78 is 21.3. The van der Waals surface area contributed by atoms with Gasteiger partial charge in [-0.15, -0.1) is 0 Å². The van der Waals surface area contributed by atoms with E-state index >= 15 is 0 Å². The van der Waals surface area contributed by atoms with E-state index in [1.54, 1.807) is 0 Å². The number of aliphatic hydroxyl groups is 7. The van der Waals surface area contributed by atoms with Crippen LogP contribution in [-0.4, -0.2) is 116 Å². The molecule has 0 aromatic heterocycles. The molecule has 2 aliphatic rings. The van der Waals surface area contributed by atoms with Crippen molar-refractivity contribution < 1.29 is 59.5 Å². The molecule has 10 atom stereocenters. The number of carbonyl (C=O) groups is 1. The van der Waals surface area contributed by atoms with Crippen molar-refractivity contribution >= 4 is 5.97 Å². The largest absolute Gasteiger partial charge is 0.463 e. The third-order valence-electron chi connectivity index (χ3n) is 7.94. The van der Waals surface area contributed by atoms with Gasteiger partial charge in [-0.3, -0.25) is 4.79 Å². The number of unbranched alkanes of at least 4 members (excludes halogenated alkanes) is 13. The van der Waals surface area contributed by atoms with Crippen LogP contribution in [-0.2, 0) is 23.7 Å². The van der Waals surface area contributed by atoms with Crippen LogP contribution >= 0.6 is 0 Å². The fraction of sp³-hybridized carbons (Fsp3) is 0.966. The average molecular weight is 595 g/mol. The zero-order chi connectivity index (χ0) is 30.2. The van der Waals surface area contributed by atoms with E-state index in [2.05, 4.69) is 6.92 Å². The maximum Gasteiger partial charge on any atom is 0.305 e. The van der Waals surface area contributed by atoms with Crippen molar-refractivity contribution in [2.24, 2.45) is 0 Å². The molecule has 0 aromatic carbocycles. The number of carbonyl (C=O) groups excluding carboxylic acids is 1. The minimum Gasteiger partial charge on any atom is -0.463 e. The lowest BCUT2D eigenvalue weighted by Gasteiger charge is -2.45. The van der Waals surface area contributed by atoms with Gasteiger partial charge in [0.05, 0.1) is 6.61 Å². The standard InChI is InChI=1S/C29H54O12/c1-2-3-4-5-6-7-8-9-10-11-12-13-14-15-16-21(31)38-18-20-22(32)23(33)26(36)29(40-20)41-27-19(17-30)39-28(37)25(35)24(27)34/h19-20,22-30,32-37H,2-18H2,1H3/t19-,20-,22-,23+,24-,25-,26-,27-,28-,29+/m1/s1. The van der Waals surface area contributed by atoms with Crippen LogP contribution in [0.25, 0.3) is 0 Å². The topological polar surface area (TPSA) is 196 Å². The predicted octanol–water partition coefficient (Wildman–Crippen LogP) is 1.03. The van der Waals surface area contributed by atoms with E-state index in [-0.39, 0.29) is 6.42 Å². The molecule has 2 rings (SSSR count). The summed E-state index contributed by atoms with van der Waals surface area (Å²) in [5, 5.41) is 70.2. The first-order chi connectivity index (χ1) is 19.7. The van der Waals surface area contributed by atoms with E-state index in [9.17, 15) is 40.5 Å². The van der Waals surface area contributed by atoms with Crippen LogP contribution in [0.1, 0.15) is 103 Å². The van der Waals surface area contributed by atoms with Crippen LogP contribution < -0.4 is 0 Å². The molecule has 12 nitrogen and oxygen atoms in total. The van der Waals surface area contributed by atoms with Gasteiger partial charge >= 0.3 is 5.97 Å². The summed E-state index contributed by atoms with van der Waals surface area (Å²) in [4.78, 5) is 12.2. The maximum atomic E-state index is 12.2. The van der Waals surface area contributed by atoms with E-state index in [1.807, 2.05) is 0 Å². The van der Waals surface area contributed by atoms with E-state index in [1.165, 1.54) is 64.2 Å². The first-order valence-electron chi connectivity index (χ1n) is 15.5. The van der Waals surface area contributed by atoms with Crippen molar-refractivity contribution in [2.75, 3.05) is 13.2 Å². The van der Waals surface area contributed by atoms with Gasteiger partial charge in [0.25, 0.3) is 0 Å². The smallest absolute Gasteiger partial charge is 0.305 e. The van der Waals surface area contributed by atoms with E-state index < -0.39 is 80.6 Å². The van der Waals surface area contributed by atoms with Gasteiger partial charge in [-0.05, 0) is 6.42 Å². The van der Waals surface area contributed by atoms with Gasteiger partial charge in [-0.25, -0.2) is 0 Å². The summed E-state index contributed by atoms with van der Waals surface area (Å²) in [6, 6.07) is 0. The lowest BCUT2D eigenvalue weighted by Crippen LogP contribution is -2.64. The fourth-order valence-corrected chi connectivity index (χ4v) is 5.27. The van der Waals surface area contributed by atoms with Gasteiger partial charge in [-0.1, -0.05) is 90.4 Å². The Hall–Kier alpha value is -0.930. The molecule has 7 N–H and O–H groups in total. The highest BCUT2D eigenvalue weighted by atomic mass is 16.7. The second kappa shape index (κ2) is 20.1. The Bertz CT molecular complexity index is 695. The van der Waals surface area contributed by atoms with Gasteiger partial charge in [-0.2, -0.15) is 0 Å². The van der Waals surface area contributed by atoms with Gasteiger partial charge in [0, 0.05) is 6.42 Å². The predicted molar refractivity (Wildman–Crippen MR) is 147 cm³/mol. The second-order valence-electron chi connectivity index (χ2n) is 11.4. The van der Waals surface area contributed by atoms with Crippen molar-refractivity contribution in [2.45, 2.75) is 165 Å². The lowest BCUT2D eigenvalue weighted by molar-refractivity contribution is -0.355. The summed E-state index contributed by atoms with van der Waals surface area (Å²) in [5.41, 5.74) is 0. The number of esters is 1. The molecule has 0 bridgehead atoms. The normalized spacial score (nSPS) is 34.0. The van der Waals surface area contributed by atoms with E-state index in [0.29, 0.717) is 6.42 Å². The molecular formula is C29H54O12. The monoisotopic (exact) mass is 594 g/mol. The highest BCUT2D eigenvalue weighted by Crippen LogP contribution is 2.29. The Balaban J connectivity index is 1.62. The molecule has 12 heteroatoms. The Morgan fingerprint density at radius 2 is 1.17 bits per heavy atom. The van der Waals surface area contributed by atoms with Crippen LogP contribution in [0.2, 0.25) is 0 Å². The van der Waals surface area contributed by atoms with Crippen molar-refractivity contribution in [1.82, 2.24) is 0 Å². The average Bonchev–Trinajstić information content (AvgIpc) is 2.96. The van der Waals surface area contributed by atoms with Gasteiger partial charge < -0.3 is 54.7 Å². The van der Waals surface area contributed by atoms with Crippen LogP contribution in [0.15, 0.2) is 0 Å². The number of rotatable bonds is 20. The molecule has 2 aliphatic heterocycles.